The van der Waals surface area contributed by atoms with Crippen molar-refractivity contribution >= 4 is 44.6 Å². The van der Waals surface area contributed by atoms with E-state index in [4.69, 9.17) is 22.1 Å². The molecule has 0 spiro atoms. The summed E-state index contributed by atoms with van der Waals surface area (Å²) in [6.45, 7) is 0. The Labute approximate surface area is 123 Å². The van der Waals surface area contributed by atoms with Crippen LogP contribution in [0.3, 0.4) is 0 Å². The van der Waals surface area contributed by atoms with Gasteiger partial charge in [0, 0.05) is 10.5 Å². The summed E-state index contributed by atoms with van der Waals surface area (Å²) in [5.74, 6) is 0.0882. The Morgan fingerprint density at radius 3 is 2.68 bits per heavy atom. The maximum atomic E-state index is 13.5. The number of nitrogens with one attached hydrogen (secondary N) is 1. The van der Waals surface area contributed by atoms with Gasteiger partial charge in [-0.1, -0.05) is 27.5 Å². The maximum Gasteiger partial charge on any atom is 0.144 e. The fraction of sp³-hybridized carbons (Fsp3) is 0.0769. The number of rotatable bonds is 3. The van der Waals surface area contributed by atoms with Crippen molar-refractivity contribution in [1.82, 2.24) is 0 Å². The summed E-state index contributed by atoms with van der Waals surface area (Å²) in [7, 11) is 1.56. The van der Waals surface area contributed by atoms with Crippen molar-refractivity contribution in [2.24, 2.45) is 0 Å². The number of anilines is 3. The first-order valence-electron chi connectivity index (χ1n) is 5.36. The van der Waals surface area contributed by atoms with Gasteiger partial charge in [0.05, 0.1) is 29.2 Å². The Kier molecular flexibility index (Phi) is 4.17. The van der Waals surface area contributed by atoms with Crippen LogP contribution in [0, 0.1) is 5.82 Å². The molecular weight excluding hydrogens is 335 g/mol. The lowest BCUT2D eigenvalue weighted by atomic mass is 10.2. The van der Waals surface area contributed by atoms with E-state index in [0.29, 0.717) is 22.8 Å². The van der Waals surface area contributed by atoms with Crippen LogP contribution >= 0.6 is 27.5 Å². The van der Waals surface area contributed by atoms with Crippen molar-refractivity contribution in [1.29, 1.82) is 0 Å². The molecule has 100 valence electrons. The number of halogens is 3. The van der Waals surface area contributed by atoms with E-state index in [1.54, 1.807) is 13.2 Å². The second-order valence-corrected chi connectivity index (χ2v) is 5.15. The molecule has 19 heavy (non-hydrogen) atoms. The van der Waals surface area contributed by atoms with Crippen molar-refractivity contribution in [3.05, 3.63) is 45.6 Å². The van der Waals surface area contributed by atoms with E-state index in [2.05, 4.69) is 21.2 Å². The molecule has 0 aromatic heterocycles. The average Bonchev–Trinajstić information content (AvgIpc) is 2.36. The van der Waals surface area contributed by atoms with E-state index < -0.39 is 5.82 Å². The van der Waals surface area contributed by atoms with Gasteiger partial charge in [-0.15, -0.1) is 0 Å². The molecule has 0 bridgehead atoms. The Balaban J connectivity index is 2.41. The van der Waals surface area contributed by atoms with E-state index >= 15 is 0 Å². The molecule has 0 aliphatic heterocycles. The number of nitrogen functional groups attached to an aromatic ring is 1. The predicted octanol–water partition coefficient (Wildman–Crippen LogP) is 4.58. The smallest absolute Gasteiger partial charge is 0.144 e. The Hall–Kier alpha value is -1.46. The molecule has 2 rings (SSSR count). The van der Waals surface area contributed by atoms with Crippen molar-refractivity contribution in [3.63, 3.8) is 0 Å². The molecule has 3 nitrogen and oxygen atoms in total. The maximum absolute atomic E-state index is 13.5. The van der Waals surface area contributed by atoms with Crippen molar-refractivity contribution in [3.8, 4) is 5.75 Å². The highest BCUT2D eigenvalue weighted by Crippen LogP contribution is 2.34. The van der Waals surface area contributed by atoms with Crippen molar-refractivity contribution in [2.45, 2.75) is 0 Å². The van der Waals surface area contributed by atoms with Gasteiger partial charge in [-0.3, -0.25) is 0 Å². The molecule has 2 aromatic carbocycles. The summed E-state index contributed by atoms with van der Waals surface area (Å²) in [5, 5.41) is 3.01. The molecule has 3 N–H and O–H groups in total. The van der Waals surface area contributed by atoms with Crippen LogP contribution in [0.25, 0.3) is 0 Å². The summed E-state index contributed by atoms with van der Waals surface area (Å²) in [4.78, 5) is 0. The number of benzene rings is 2. The highest BCUT2D eigenvalue weighted by atomic mass is 79.9. The van der Waals surface area contributed by atoms with Crippen LogP contribution < -0.4 is 15.8 Å². The fourth-order valence-corrected chi connectivity index (χ4v) is 2.13. The molecule has 0 fully saturated rings. The molecule has 0 amide bonds. The van der Waals surface area contributed by atoms with Crippen LogP contribution in [0.15, 0.2) is 34.8 Å². The monoisotopic (exact) mass is 344 g/mol. The highest BCUT2D eigenvalue weighted by Gasteiger charge is 2.09. The summed E-state index contributed by atoms with van der Waals surface area (Å²) < 4.78 is 19.5. The molecule has 0 saturated carbocycles. The Bertz CT molecular complexity index is 622. The minimum atomic E-state index is -0.535. The third-order valence-electron chi connectivity index (χ3n) is 2.52. The van der Waals surface area contributed by atoms with Crippen molar-refractivity contribution in [2.75, 3.05) is 18.2 Å². The average molecular weight is 346 g/mol. The fourth-order valence-electron chi connectivity index (χ4n) is 1.59. The van der Waals surface area contributed by atoms with Crippen LogP contribution in [-0.4, -0.2) is 7.11 Å². The van der Waals surface area contributed by atoms with E-state index in [0.717, 1.165) is 4.47 Å². The number of hydrogen-bond acceptors (Lipinski definition) is 3. The first kappa shape index (κ1) is 14.0. The molecule has 0 radical (unpaired) electrons. The van der Waals surface area contributed by atoms with Gasteiger partial charge in [-0.25, -0.2) is 4.39 Å². The Morgan fingerprint density at radius 2 is 2.00 bits per heavy atom. The molecule has 0 aliphatic carbocycles. The number of methoxy groups -OCH3 is 1. The van der Waals surface area contributed by atoms with Crippen LogP contribution in [-0.2, 0) is 0 Å². The predicted molar refractivity (Wildman–Crippen MR) is 79.8 cm³/mol. The zero-order valence-electron chi connectivity index (χ0n) is 10.0. The largest absolute Gasteiger partial charge is 0.495 e. The molecule has 6 heteroatoms. The molecule has 0 aliphatic rings. The number of ether oxygens (including phenoxy) is 1. The quantitative estimate of drug-likeness (QED) is 0.801. The summed E-state index contributed by atoms with van der Waals surface area (Å²) in [6, 6.07) is 8.05. The van der Waals surface area contributed by atoms with Gasteiger partial charge in [0.15, 0.2) is 0 Å². The molecule has 0 heterocycles. The number of nitrogens with two attached hydrogens (primary N) is 1. The summed E-state index contributed by atoms with van der Waals surface area (Å²) >= 11 is 9.02. The van der Waals surface area contributed by atoms with Crippen LogP contribution in [0.5, 0.6) is 5.75 Å². The molecule has 0 saturated heterocycles. The van der Waals surface area contributed by atoms with Gasteiger partial charge < -0.3 is 15.8 Å². The van der Waals surface area contributed by atoms with Gasteiger partial charge in [0.2, 0.25) is 0 Å². The lowest BCUT2D eigenvalue weighted by Crippen LogP contribution is -1.99. The van der Waals surface area contributed by atoms with E-state index in [9.17, 15) is 4.39 Å². The van der Waals surface area contributed by atoms with Crippen LogP contribution in [0.4, 0.5) is 21.5 Å². The number of hydrogen-bond donors (Lipinski definition) is 2. The van der Waals surface area contributed by atoms with E-state index in [1.807, 2.05) is 12.1 Å². The topological polar surface area (TPSA) is 47.3 Å². The van der Waals surface area contributed by atoms with Crippen LogP contribution in [0.2, 0.25) is 5.02 Å². The molecular formula is C13H11BrClFN2O. The van der Waals surface area contributed by atoms with E-state index in [-0.39, 0.29) is 5.02 Å². The first-order chi connectivity index (χ1) is 9.01. The first-order valence-corrected chi connectivity index (χ1v) is 6.53. The highest BCUT2D eigenvalue weighted by molar-refractivity contribution is 9.10. The lowest BCUT2D eigenvalue weighted by Gasteiger charge is -2.13. The van der Waals surface area contributed by atoms with Crippen molar-refractivity contribution < 1.29 is 9.13 Å². The van der Waals surface area contributed by atoms with Crippen LogP contribution in [0.1, 0.15) is 0 Å². The minimum Gasteiger partial charge on any atom is -0.495 e. The normalized spacial score (nSPS) is 10.3. The molecule has 2 aromatic rings. The molecule has 0 unspecified atom stereocenters. The third kappa shape index (κ3) is 3.11. The zero-order chi connectivity index (χ0) is 14.0. The second kappa shape index (κ2) is 5.67. The lowest BCUT2D eigenvalue weighted by molar-refractivity contribution is 0.417. The second-order valence-electron chi connectivity index (χ2n) is 3.82. The van der Waals surface area contributed by atoms with Gasteiger partial charge in [-0.05, 0) is 24.3 Å². The van der Waals surface area contributed by atoms with Gasteiger partial charge >= 0.3 is 0 Å². The minimum absolute atomic E-state index is 0.00995. The Morgan fingerprint density at radius 1 is 1.26 bits per heavy atom. The van der Waals surface area contributed by atoms with E-state index in [1.165, 1.54) is 12.1 Å². The molecule has 0 atom stereocenters. The third-order valence-corrected chi connectivity index (χ3v) is 3.31. The van der Waals surface area contributed by atoms with Gasteiger partial charge in [0.25, 0.3) is 0 Å². The zero-order valence-corrected chi connectivity index (χ0v) is 12.3. The standard InChI is InChI=1S/C13H11BrClFN2O/c1-19-13-3-2-7(14)4-12(13)18-11-6-9(16)8(15)5-10(11)17/h2-6,18H,17H2,1H3. The summed E-state index contributed by atoms with van der Waals surface area (Å²) in [6.07, 6.45) is 0. The van der Waals surface area contributed by atoms with Gasteiger partial charge in [-0.2, -0.15) is 0 Å². The van der Waals surface area contributed by atoms with Gasteiger partial charge in [0.1, 0.15) is 11.6 Å². The SMILES string of the molecule is COc1ccc(Br)cc1Nc1cc(F)c(Cl)cc1N. The summed E-state index contributed by atoms with van der Waals surface area (Å²) in [5.41, 5.74) is 7.26.